The van der Waals surface area contributed by atoms with Crippen LogP contribution in [0.2, 0.25) is 20.1 Å². The Kier molecular flexibility index (Phi) is 6.42. The van der Waals surface area contributed by atoms with Crippen molar-refractivity contribution >= 4 is 65.3 Å². The SMILES string of the molecule is O=C1O[B-]2(OC(=O)C(c3ccccc3Cl)(c3ccccc3Cl)O2)OC1(c1ccccc1Cl)c1ccccc1Cl. The van der Waals surface area contributed by atoms with Crippen LogP contribution in [-0.2, 0) is 39.4 Å². The largest absolute Gasteiger partial charge is 0.658 e. The second kappa shape index (κ2) is 9.56. The van der Waals surface area contributed by atoms with Crippen molar-refractivity contribution in [3.63, 3.8) is 0 Å². The third kappa shape index (κ3) is 3.88. The fourth-order valence-corrected chi connectivity index (χ4v) is 6.15. The first kappa shape index (κ1) is 26.2. The van der Waals surface area contributed by atoms with Crippen molar-refractivity contribution < 1.29 is 28.2 Å². The number of rotatable bonds is 4. The van der Waals surface area contributed by atoms with Gasteiger partial charge >= 0.3 is 18.9 Å². The van der Waals surface area contributed by atoms with Gasteiger partial charge in [0.15, 0.2) is 11.2 Å². The van der Waals surface area contributed by atoms with Gasteiger partial charge in [0.05, 0.1) is 0 Å². The summed E-state index contributed by atoms with van der Waals surface area (Å²) in [6.07, 6.45) is 0. The van der Waals surface area contributed by atoms with Crippen molar-refractivity contribution in [1.29, 1.82) is 0 Å². The molecule has 196 valence electrons. The quantitative estimate of drug-likeness (QED) is 0.233. The first-order chi connectivity index (χ1) is 18.7. The third-order valence-electron chi connectivity index (χ3n) is 6.73. The topological polar surface area (TPSA) is 71.1 Å². The normalized spacial score (nSPS) is 18.7. The van der Waals surface area contributed by atoms with E-state index in [-0.39, 0.29) is 42.3 Å². The molecule has 2 aliphatic heterocycles. The van der Waals surface area contributed by atoms with E-state index in [1.165, 1.54) is 0 Å². The van der Waals surface area contributed by atoms with E-state index in [4.69, 9.17) is 65.0 Å². The van der Waals surface area contributed by atoms with E-state index in [9.17, 15) is 9.59 Å². The summed E-state index contributed by atoms with van der Waals surface area (Å²) in [5, 5.41) is 0.759. The Morgan fingerprint density at radius 2 is 0.718 bits per heavy atom. The summed E-state index contributed by atoms with van der Waals surface area (Å²) in [5.74, 6) is -1.88. The second-order valence-corrected chi connectivity index (χ2v) is 10.5. The van der Waals surface area contributed by atoms with Gasteiger partial charge < -0.3 is 18.6 Å². The molecule has 0 unspecified atom stereocenters. The second-order valence-electron chi connectivity index (χ2n) is 8.91. The van der Waals surface area contributed by atoms with Gasteiger partial charge in [-0.15, -0.1) is 0 Å². The van der Waals surface area contributed by atoms with Crippen molar-refractivity contribution in [3.8, 4) is 0 Å². The lowest BCUT2D eigenvalue weighted by atomic mass is 9.85. The molecule has 0 bridgehead atoms. The van der Waals surface area contributed by atoms with E-state index in [2.05, 4.69) is 0 Å². The summed E-state index contributed by atoms with van der Waals surface area (Å²) in [4.78, 5) is 27.8. The zero-order valence-electron chi connectivity index (χ0n) is 19.8. The third-order valence-corrected chi connectivity index (χ3v) is 8.05. The van der Waals surface area contributed by atoms with Gasteiger partial charge in [0.25, 0.3) is 0 Å². The van der Waals surface area contributed by atoms with E-state index >= 15 is 0 Å². The maximum atomic E-state index is 13.9. The lowest BCUT2D eigenvalue weighted by molar-refractivity contribution is -0.141. The van der Waals surface area contributed by atoms with Crippen LogP contribution in [-0.4, -0.2) is 18.9 Å². The van der Waals surface area contributed by atoms with Gasteiger partial charge in [-0.05, 0) is 24.3 Å². The summed E-state index contributed by atoms with van der Waals surface area (Å²) < 4.78 is 24.2. The van der Waals surface area contributed by atoms with Crippen LogP contribution in [0.3, 0.4) is 0 Å². The van der Waals surface area contributed by atoms with E-state index < -0.39 is 30.1 Å². The van der Waals surface area contributed by atoms with Crippen LogP contribution in [0.4, 0.5) is 0 Å². The molecule has 0 atom stereocenters. The van der Waals surface area contributed by atoms with E-state index in [0.29, 0.717) is 0 Å². The Morgan fingerprint density at radius 3 is 0.974 bits per heavy atom. The smallest absolute Gasteiger partial charge is 0.605 e. The monoisotopic (exact) mass is 599 g/mol. The summed E-state index contributed by atoms with van der Waals surface area (Å²) in [7, 11) is 0. The number of hydrogen-bond acceptors (Lipinski definition) is 6. The molecule has 4 aromatic rings. The van der Waals surface area contributed by atoms with E-state index in [1.54, 1.807) is 97.1 Å². The van der Waals surface area contributed by atoms with Gasteiger partial charge in [-0.1, -0.05) is 119 Å². The maximum absolute atomic E-state index is 13.9. The molecule has 0 N–H and O–H groups in total. The van der Waals surface area contributed by atoms with Crippen LogP contribution in [0.15, 0.2) is 97.1 Å². The summed E-state index contributed by atoms with van der Waals surface area (Å²) in [6.45, 7) is -3.54. The molecular formula is C28H16BCl4O6-. The molecule has 2 fully saturated rings. The molecule has 2 saturated heterocycles. The fraction of sp³-hybridized carbons (Fsp3) is 0.0714. The van der Waals surface area contributed by atoms with E-state index in [0.717, 1.165) is 0 Å². The highest BCUT2D eigenvalue weighted by Crippen LogP contribution is 2.55. The predicted octanol–water partition coefficient (Wildman–Crippen LogP) is 7.07. The molecule has 2 aliphatic rings. The summed E-state index contributed by atoms with van der Waals surface area (Å²) in [6, 6.07) is 26.2. The van der Waals surface area contributed by atoms with Gasteiger partial charge in [0, 0.05) is 42.3 Å². The zero-order valence-corrected chi connectivity index (χ0v) is 22.8. The van der Waals surface area contributed by atoms with Crippen LogP contribution in [0, 0.1) is 0 Å². The van der Waals surface area contributed by atoms with Crippen LogP contribution in [0.25, 0.3) is 0 Å². The molecule has 11 heteroatoms. The van der Waals surface area contributed by atoms with Crippen molar-refractivity contribution in [1.82, 2.24) is 0 Å². The first-order valence-corrected chi connectivity index (χ1v) is 13.2. The standard InChI is InChI=1S/C28H16BCl4O6/c30-21-13-5-1-9-17(21)27(18-10-2-6-14-22(18)31)25(34)36-29(38-27)37-26(35)28(39-29,19-11-3-7-15-23(19)32)20-12-4-8-16-24(20)33/h1-16H/q-1. The minimum absolute atomic E-state index is 0.190. The molecular weight excluding hydrogens is 585 g/mol. The van der Waals surface area contributed by atoms with Gasteiger partial charge in [0.1, 0.15) is 0 Å². The highest BCUT2D eigenvalue weighted by atomic mass is 35.5. The first-order valence-electron chi connectivity index (χ1n) is 11.7. The Morgan fingerprint density at radius 1 is 0.462 bits per heavy atom. The molecule has 1 spiro atoms. The van der Waals surface area contributed by atoms with Crippen molar-refractivity contribution in [2.24, 2.45) is 0 Å². The van der Waals surface area contributed by atoms with Crippen molar-refractivity contribution in [3.05, 3.63) is 139 Å². The van der Waals surface area contributed by atoms with Crippen LogP contribution >= 0.6 is 46.4 Å². The Bertz CT molecular complexity index is 1430. The Hall–Kier alpha value is -3.04. The molecule has 2 heterocycles. The number of carbonyl (C=O) groups is 2. The van der Waals surface area contributed by atoms with Gasteiger partial charge in [0.2, 0.25) is 0 Å². The summed E-state index contributed by atoms with van der Waals surface area (Å²) in [5.41, 5.74) is -3.19. The molecule has 4 aromatic carbocycles. The number of carbonyl (C=O) groups excluding carboxylic acids is 2. The van der Waals surface area contributed by atoms with Gasteiger partial charge in [-0.2, -0.15) is 0 Å². The van der Waals surface area contributed by atoms with Gasteiger partial charge in [-0.25, -0.2) is 0 Å². The maximum Gasteiger partial charge on any atom is 0.658 e. The minimum atomic E-state index is -3.54. The fourth-order valence-electron chi connectivity index (χ4n) is 5.07. The number of hydrogen-bond donors (Lipinski definition) is 0. The molecule has 39 heavy (non-hydrogen) atoms. The van der Waals surface area contributed by atoms with Crippen LogP contribution < -0.4 is 0 Å². The molecule has 0 radical (unpaired) electrons. The lowest BCUT2D eigenvalue weighted by Crippen LogP contribution is -2.45. The lowest BCUT2D eigenvalue weighted by Gasteiger charge is -2.35. The molecule has 0 aromatic heterocycles. The average Bonchev–Trinajstić information content (AvgIpc) is 3.36. The van der Waals surface area contributed by atoms with E-state index in [1.807, 2.05) is 0 Å². The highest BCUT2D eigenvalue weighted by molar-refractivity contribution is 6.62. The molecule has 0 amide bonds. The summed E-state index contributed by atoms with van der Waals surface area (Å²) >= 11 is 26.3. The van der Waals surface area contributed by atoms with Crippen molar-refractivity contribution in [2.45, 2.75) is 11.2 Å². The highest BCUT2D eigenvalue weighted by Gasteiger charge is 2.69. The molecule has 6 nitrogen and oxygen atoms in total. The zero-order chi connectivity index (χ0) is 27.4. The van der Waals surface area contributed by atoms with Crippen molar-refractivity contribution in [2.75, 3.05) is 0 Å². The number of benzene rings is 4. The van der Waals surface area contributed by atoms with Gasteiger partial charge in [-0.3, -0.25) is 9.59 Å². The molecule has 0 aliphatic carbocycles. The number of halogens is 4. The Labute approximate surface area is 243 Å². The van der Waals surface area contributed by atoms with Crippen LogP contribution in [0.5, 0.6) is 0 Å². The minimum Gasteiger partial charge on any atom is -0.605 e. The molecule has 0 saturated carbocycles. The predicted molar refractivity (Wildman–Crippen MR) is 147 cm³/mol. The Balaban J connectivity index is 1.58. The molecule has 6 rings (SSSR count). The average molecular weight is 601 g/mol. The van der Waals surface area contributed by atoms with Crippen LogP contribution in [0.1, 0.15) is 22.3 Å².